The third kappa shape index (κ3) is 5.60. The second kappa shape index (κ2) is 8.89. The molecular weight excluding hydrogens is 234 g/mol. The molecule has 1 rings (SSSR count). The van der Waals surface area contributed by atoms with Crippen LogP contribution < -0.4 is 80.9 Å². The van der Waals surface area contributed by atoms with Crippen LogP contribution in [0, 0.1) is 0 Å². The van der Waals surface area contributed by atoms with Gasteiger partial charge in [-0.15, -0.1) is 0 Å². The van der Waals surface area contributed by atoms with Crippen molar-refractivity contribution in [2.75, 3.05) is 0 Å². The maximum atomic E-state index is 10.6. The summed E-state index contributed by atoms with van der Waals surface area (Å²) in [4.78, 5) is 21.1. The quantitative estimate of drug-likeness (QED) is 0.413. The van der Waals surface area contributed by atoms with Crippen molar-refractivity contribution >= 4 is 11.9 Å². The van der Waals surface area contributed by atoms with Crippen LogP contribution in [0.3, 0.4) is 0 Å². The summed E-state index contributed by atoms with van der Waals surface area (Å²) in [5.41, 5.74) is 0.280. The molecule has 0 unspecified atom stereocenters. The molecule has 0 aliphatic carbocycles. The Kier molecular flexibility index (Phi) is 10.8. The molecule has 0 heterocycles. The SMILES string of the molecule is O=C(O)C(C(=O)O)c1ccccc1.[H-].[H-].[K+].[Na+]. The van der Waals surface area contributed by atoms with Crippen molar-refractivity contribution in [2.24, 2.45) is 0 Å². The zero-order valence-electron chi connectivity index (χ0n) is 10.7. The number of carboxylic acids is 2. The monoisotopic (exact) mass is 244 g/mol. The van der Waals surface area contributed by atoms with Gasteiger partial charge in [0, 0.05) is 0 Å². The Labute approximate surface area is 155 Å². The molecule has 0 radical (unpaired) electrons. The van der Waals surface area contributed by atoms with Gasteiger partial charge in [-0.25, -0.2) is 0 Å². The Morgan fingerprint density at radius 3 is 1.80 bits per heavy atom. The van der Waals surface area contributed by atoms with Crippen LogP contribution in [0.4, 0.5) is 0 Å². The molecule has 72 valence electrons. The molecule has 0 aliphatic heterocycles. The van der Waals surface area contributed by atoms with Crippen LogP contribution in [-0.2, 0) is 9.59 Å². The van der Waals surface area contributed by atoms with E-state index in [0.29, 0.717) is 0 Å². The first kappa shape index (κ1) is 18.2. The minimum absolute atomic E-state index is 0. The van der Waals surface area contributed by atoms with Gasteiger partial charge in [0.25, 0.3) is 0 Å². The molecule has 0 bridgehead atoms. The molecule has 0 aliphatic rings. The van der Waals surface area contributed by atoms with Crippen molar-refractivity contribution in [1.82, 2.24) is 0 Å². The van der Waals surface area contributed by atoms with Gasteiger partial charge in [-0.2, -0.15) is 0 Å². The normalized spacial score (nSPS) is 8.60. The summed E-state index contributed by atoms with van der Waals surface area (Å²) in [5.74, 6) is -4.17. The van der Waals surface area contributed by atoms with E-state index in [1.807, 2.05) is 0 Å². The van der Waals surface area contributed by atoms with Gasteiger partial charge in [-0.3, -0.25) is 9.59 Å². The van der Waals surface area contributed by atoms with Crippen molar-refractivity contribution in [3.05, 3.63) is 35.9 Å². The first-order valence-corrected chi connectivity index (χ1v) is 3.63. The van der Waals surface area contributed by atoms with E-state index in [0.717, 1.165) is 0 Å². The number of hydrogen-bond acceptors (Lipinski definition) is 2. The van der Waals surface area contributed by atoms with E-state index in [1.165, 1.54) is 12.1 Å². The smallest absolute Gasteiger partial charge is 1.00 e. The zero-order valence-corrected chi connectivity index (χ0v) is 13.8. The number of carbonyl (C=O) groups is 2. The Balaban J connectivity index is -0.000000211. The van der Waals surface area contributed by atoms with Gasteiger partial charge < -0.3 is 13.1 Å². The predicted octanol–water partition coefficient (Wildman–Crippen LogP) is -4.83. The van der Waals surface area contributed by atoms with E-state index in [9.17, 15) is 9.59 Å². The van der Waals surface area contributed by atoms with Crippen LogP contribution in [0.5, 0.6) is 0 Å². The number of benzene rings is 1. The van der Waals surface area contributed by atoms with Gasteiger partial charge in [0.15, 0.2) is 5.92 Å². The van der Waals surface area contributed by atoms with Crippen LogP contribution in [0.15, 0.2) is 30.3 Å². The predicted molar refractivity (Wildman–Crippen MR) is 46.7 cm³/mol. The van der Waals surface area contributed by atoms with Gasteiger partial charge in [-0.05, 0) is 5.56 Å². The fourth-order valence-corrected chi connectivity index (χ4v) is 1.04. The van der Waals surface area contributed by atoms with Gasteiger partial charge in [0.05, 0.1) is 0 Å². The van der Waals surface area contributed by atoms with Gasteiger partial charge in [-0.1, -0.05) is 30.3 Å². The minimum Gasteiger partial charge on any atom is -1.00 e. The van der Waals surface area contributed by atoms with Crippen molar-refractivity contribution in [3.8, 4) is 0 Å². The average molecular weight is 244 g/mol. The molecule has 0 aromatic heterocycles. The summed E-state index contributed by atoms with van der Waals surface area (Å²) in [6.07, 6.45) is 0. The molecule has 2 N–H and O–H groups in total. The number of hydrogen-bond donors (Lipinski definition) is 2. The largest absolute Gasteiger partial charge is 1.00 e. The van der Waals surface area contributed by atoms with Crippen molar-refractivity contribution in [3.63, 3.8) is 0 Å². The van der Waals surface area contributed by atoms with E-state index in [4.69, 9.17) is 10.2 Å². The molecule has 15 heavy (non-hydrogen) atoms. The summed E-state index contributed by atoms with van der Waals surface area (Å²) in [6, 6.07) is 7.87. The zero-order chi connectivity index (χ0) is 9.84. The van der Waals surface area contributed by atoms with Crippen LogP contribution >= 0.6 is 0 Å². The second-order valence-corrected chi connectivity index (χ2v) is 2.52. The molecule has 0 amide bonds. The van der Waals surface area contributed by atoms with Crippen molar-refractivity contribution in [2.45, 2.75) is 5.92 Å². The van der Waals surface area contributed by atoms with E-state index in [2.05, 4.69) is 0 Å². The van der Waals surface area contributed by atoms with Gasteiger partial charge >= 0.3 is 92.9 Å². The molecule has 0 fully saturated rings. The molecule has 4 nitrogen and oxygen atoms in total. The molecule has 1 aromatic rings. The van der Waals surface area contributed by atoms with E-state index < -0.39 is 17.9 Å². The number of aliphatic carboxylic acids is 2. The molecule has 0 saturated heterocycles. The van der Waals surface area contributed by atoms with E-state index >= 15 is 0 Å². The third-order valence-electron chi connectivity index (χ3n) is 1.63. The van der Waals surface area contributed by atoms with Crippen molar-refractivity contribution < 1.29 is 104 Å². The van der Waals surface area contributed by atoms with E-state index in [1.54, 1.807) is 18.2 Å². The average Bonchev–Trinajstić information content (AvgIpc) is 2.04. The Morgan fingerprint density at radius 2 is 1.47 bits per heavy atom. The van der Waals surface area contributed by atoms with Crippen LogP contribution in [0.1, 0.15) is 14.3 Å². The molecule has 1 aromatic carbocycles. The summed E-state index contributed by atoms with van der Waals surface area (Å²) in [6.45, 7) is 0. The first-order chi connectivity index (χ1) is 6.13. The summed E-state index contributed by atoms with van der Waals surface area (Å²) in [5, 5.41) is 17.2. The number of rotatable bonds is 3. The Bertz CT molecular complexity index is 323. The van der Waals surface area contributed by atoms with Crippen LogP contribution in [0.25, 0.3) is 0 Å². The standard InChI is InChI=1S/C9H8O4.K.Na.2H/c10-8(11)7(9(12)13)6-4-2-1-3-5-6;;;;/h1-5,7H,(H,10,11)(H,12,13);;;;/q;2*+1;2*-1. The second-order valence-electron chi connectivity index (χ2n) is 2.52. The van der Waals surface area contributed by atoms with E-state index in [-0.39, 0.29) is 89.4 Å². The molecule has 6 heteroatoms. The fourth-order valence-electron chi connectivity index (χ4n) is 1.04. The Morgan fingerprint density at radius 1 is 1.07 bits per heavy atom. The summed E-state index contributed by atoms with van der Waals surface area (Å²) >= 11 is 0. The summed E-state index contributed by atoms with van der Waals surface area (Å²) in [7, 11) is 0. The molecule has 0 spiro atoms. The van der Waals surface area contributed by atoms with Gasteiger partial charge in [0.1, 0.15) is 0 Å². The fraction of sp³-hybridized carbons (Fsp3) is 0.111. The first-order valence-electron chi connectivity index (χ1n) is 3.63. The topological polar surface area (TPSA) is 74.6 Å². The summed E-state index contributed by atoms with van der Waals surface area (Å²) < 4.78 is 0. The van der Waals surface area contributed by atoms with Crippen molar-refractivity contribution in [1.29, 1.82) is 0 Å². The van der Waals surface area contributed by atoms with Gasteiger partial charge in [0.2, 0.25) is 0 Å². The maximum Gasteiger partial charge on any atom is 1.00 e. The van der Waals surface area contributed by atoms with Crippen LogP contribution in [0.2, 0.25) is 0 Å². The molecular formula is C9H10KNaO4. The van der Waals surface area contributed by atoms with Crippen LogP contribution in [-0.4, -0.2) is 22.2 Å². The minimum atomic E-state index is -1.47. The Hall–Kier alpha value is 0.796. The number of carboxylic acid groups (broad SMARTS) is 2. The molecule has 0 saturated carbocycles. The third-order valence-corrected chi connectivity index (χ3v) is 1.63. The molecule has 0 atom stereocenters. The maximum absolute atomic E-state index is 10.6.